The number of aryl methyl sites for hydroxylation is 2. The van der Waals surface area contributed by atoms with Crippen LogP contribution < -0.4 is 0 Å². The summed E-state index contributed by atoms with van der Waals surface area (Å²) in [6, 6.07) is 6.54. The second-order valence-electron chi connectivity index (χ2n) is 2.88. The van der Waals surface area contributed by atoms with Gasteiger partial charge in [0.1, 0.15) is 0 Å². The fraction of sp³-hybridized carbons (Fsp3) is 0.333. The molecule has 0 aliphatic carbocycles. The van der Waals surface area contributed by atoms with Gasteiger partial charge >= 0.3 is 0 Å². The summed E-state index contributed by atoms with van der Waals surface area (Å²) in [5.41, 5.74) is 3.94. The summed E-state index contributed by atoms with van der Waals surface area (Å²) in [5.74, 6) is 0. The van der Waals surface area contributed by atoms with Crippen molar-refractivity contribution in [1.29, 1.82) is 0 Å². The Morgan fingerprint density at radius 2 is 2.27 bits per heavy atom. The van der Waals surface area contributed by atoms with Gasteiger partial charge in [0.2, 0.25) is 0 Å². The number of rotatable bonds is 1. The maximum atomic E-state index is 3.19. The molecule has 2 heteroatoms. The molecule has 11 heavy (non-hydrogen) atoms. The van der Waals surface area contributed by atoms with Crippen molar-refractivity contribution in [2.45, 2.75) is 13.3 Å². The lowest BCUT2D eigenvalue weighted by molar-refractivity contribution is 0.761. The Balaban J connectivity index is 2.56. The van der Waals surface area contributed by atoms with Crippen LogP contribution >= 0.6 is 0 Å². The van der Waals surface area contributed by atoms with E-state index in [4.69, 9.17) is 0 Å². The maximum Gasteiger partial charge on any atom is 0.0818 e. The van der Waals surface area contributed by atoms with Crippen LogP contribution in [0.5, 0.6) is 0 Å². The third-order valence-electron chi connectivity index (χ3n) is 2.12. The van der Waals surface area contributed by atoms with Crippen molar-refractivity contribution in [3.8, 4) is 0 Å². The maximum absolute atomic E-state index is 3.19. The van der Waals surface area contributed by atoms with Gasteiger partial charge in [-0.15, -0.1) is 0 Å². The number of aromatic amines is 1. The standard InChI is InChI=1S/C9H12N2/c1-3-7-4-5-9-8(6-7)10-11(9)2/h4-6,10H,3H2,1-2H3. The van der Waals surface area contributed by atoms with E-state index in [0.29, 0.717) is 0 Å². The zero-order chi connectivity index (χ0) is 7.84. The number of fused-ring (bicyclic) bond motifs is 1. The van der Waals surface area contributed by atoms with Crippen LogP contribution in [0.1, 0.15) is 12.5 Å². The highest BCUT2D eigenvalue weighted by Crippen LogP contribution is 2.15. The van der Waals surface area contributed by atoms with E-state index in [1.54, 1.807) is 0 Å². The van der Waals surface area contributed by atoms with Crippen LogP contribution in [0.15, 0.2) is 18.2 Å². The summed E-state index contributed by atoms with van der Waals surface area (Å²) in [5, 5.41) is 3.19. The van der Waals surface area contributed by atoms with E-state index in [1.165, 1.54) is 16.6 Å². The normalized spacial score (nSPS) is 11.1. The molecule has 1 heterocycles. The van der Waals surface area contributed by atoms with Gasteiger partial charge in [0, 0.05) is 7.05 Å². The lowest BCUT2D eigenvalue weighted by Gasteiger charge is -2.12. The van der Waals surface area contributed by atoms with Crippen molar-refractivity contribution in [3.63, 3.8) is 0 Å². The molecule has 0 spiro atoms. The Bertz CT molecular complexity index is 368. The molecule has 1 aromatic carbocycles. The molecule has 0 fully saturated rings. The molecule has 0 bridgehead atoms. The molecule has 0 atom stereocenters. The highest BCUT2D eigenvalue weighted by Gasteiger charge is 2.00. The fourth-order valence-corrected chi connectivity index (χ4v) is 1.37. The molecule has 2 rings (SSSR count). The van der Waals surface area contributed by atoms with Gasteiger partial charge in [-0.05, 0) is 24.1 Å². The van der Waals surface area contributed by atoms with Gasteiger partial charge in [-0.2, -0.15) is 0 Å². The smallest absolute Gasteiger partial charge is 0.0818 e. The van der Waals surface area contributed by atoms with Crippen molar-refractivity contribution in [3.05, 3.63) is 23.8 Å². The van der Waals surface area contributed by atoms with Crippen LogP contribution in [0.3, 0.4) is 0 Å². The van der Waals surface area contributed by atoms with E-state index < -0.39 is 0 Å². The van der Waals surface area contributed by atoms with E-state index in [9.17, 15) is 0 Å². The highest BCUT2D eigenvalue weighted by atomic mass is 15.3. The number of aromatic nitrogens is 2. The van der Waals surface area contributed by atoms with Gasteiger partial charge in [-0.3, -0.25) is 9.78 Å². The molecule has 0 aliphatic heterocycles. The number of hydrogen-bond donors (Lipinski definition) is 1. The van der Waals surface area contributed by atoms with Crippen LogP contribution in [0.2, 0.25) is 0 Å². The molecule has 0 saturated heterocycles. The summed E-state index contributed by atoms with van der Waals surface area (Å²) in [6.07, 6.45) is 1.11. The van der Waals surface area contributed by atoms with Gasteiger partial charge < -0.3 is 0 Å². The summed E-state index contributed by atoms with van der Waals surface area (Å²) in [7, 11) is 2.02. The Labute approximate surface area is 65.8 Å². The molecule has 2 nitrogen and oxygen atoms in total. The van der Waals surface area contributed by atoms with Crippen molar-refractivity contribution in [1.82, 2.24) is 9.78 Å². The zero-order valence-corrected chi connectivity index (χ0v) is 6.89. The van der Waals surface area contributed by atoms with Crippen molar-refractivity contribution in [2.75, 3.05) is 0 Å². The SMILES string of the molecule is CCc1ccc2c(c1)[nH]n2C. The van der Waals surface area contributed by atoms with E-state index in [2.05, 4.69) is 30.2 Å². The number of H-pyrrole nitrogens is 1. The van der Waals surface area contributed by atoms with E-state index in [-0.39, 0.29) is 0 Å². The average molecular weight is 148 g/mol. The molecular weight excluding hydrogens is 136 g/mol. The van der Waals surface area contributed by atoms with Gasteiger partial charge in [0.05, 0.1) is 11.0 Å². The van der Waals surface area contributed by atoms with Gasteiger partial charge in [-0.1, -0.05) is 13.0 Å². The molecule has 0 aliphatic rings. The summed E-state index contributed by atoms with van der Waals surface area (Å²) >= 11 is 0. The minimum atomic E-state index is 1.11. The number of nitrogens with one attached hydrogen (secondary N) is 1. The van der Waals surface area contributed by atoms with Gasteiger partial charge in [0.25, 0.3) is 0 Å². The first-order valence-corrected chi connectivity index (χ1v) is 3.94. The van der Waals surface area contributed by atoms with Crippen LogP contribution in [-0.2, 0) is 13.5 Å². The molecule has 1 aromatic heterocycles. The molecule has 0 amide bonds. The Morgan fingerprint density at radius 3 is 2.82 bits per heavy atom. The summed E-state index contributed by atoms with van der Waals surface area (Å²) in [4.78, 5) is 0. The first-order chi connectivity index (χ1) is 5.31. The third kappa shape index (κ3) is 0.862. The second kappa shape index (κ2) is 2.16. The summed E-state index contributed by atoms with van der Waals surface area (Å²) < 4.78 is 2.02. The zero-order valence-electron chi connectivity index (χ0n) is 6.89. The van der Waals surface area contributed by atoms with E-state index in [1.807, 2.05) is 11.7 Å². The van der Waals surface area contributed by atoms with Crippen molar-refractivity contribution < 1.29 is 0 Å². The van der Waals surface area contributed by atoms with Crippen LogP contribution in [-0.4, -0.2) is 9.78 Å². The monoisotopic (exact) mass is 148 g/mol. The second-order valence-corrected chi connectivity index (χ2v) is 2.88. The van der Waals surface area contributed by atoms with E-state index >= 15 is 0 Å². The molecular formula is C9H12N2. The van der Waals surface area contributed by atoms with Crippen molar-refractivity contribution in [2.24, 2.45) is 7.05 Å². The Morgan fingerprint density at radius 1 is 1.45 bits per heavy atom. The molecule has 1 N–H and O–H groups in total. The first kappa shape index (κ1) is 6.53. The lowest BCUT2D eigenvalue weighted by Crippen LogP contribution is -2.04. The van der Waals surface area contributed by atoms with Crippen LogP contribution in [0.25, 0.3) is 11.0 Å². The minimum absolute atomic E-state index is 1.11. The molecule has 0 radical (unpaired) electrons. The average Bonchev–Trinajstić information content (AvgIpc) is 2.02. The Kier molecular flexibility index (Phi) is 1.28. The van der Waals surface area contributed by atoms with E-state index in [0.717, 1.165) is 6.42 Å². The number of hydrogen-bond acceptors (Lipinski definition) is 0. The predicted molar refractivity (Wildman–Crippen MR) is 46.6 cm³/mol. The van der Waals surface area contributed by atoms with Crippen LogP contribution in [0, 0.1) is 0 Å². The molecule has 0 unspecified atom stereocenters. The molecule has 2 aromatic rings. The number of nitrogens with zero attached hydrogens (tertiary/aromatic N) is 1. The highest BCUT2D eigenvalue weighted by molar-refractivity contribution is 5.77. The first-order valence-electron chi connectivity index (χ1n) is 3.94. The predicted octanol–water partition coefficient (Wildman–Crippen LogP) is 2.07. The molecule has 58 valence electrons. The quantitative estimate of drug-likeness (QED) is 0.639. The summed E-state index contributed by atoms with van der Waals surface area (Å²) in [6.45, 7) is 2.17. The topological polar surface area (TPSA) is 20.7 Å². The van der Waals surface area contributed by atoms with Gasteiger partial charge in [-0.25, -0.2) is 0 Å². The van der Waals surface area contributed by atoms with Crippen LogP contribution in [0.4, 0.5) is 0 Å². The fourth-order valence-electron chi connectivity index (χ4n) is 1.37. The largest absolute Gasteiger partial charge is 0.296 e. The van der Waals surface area contributed by atoms with Crippen molar-refractivity contribution >= 4 is 11.0 Å². The Hall–Kier alpha value is -1.18. The van der Waals surface area contributed by atoms with Gasteiger partial charge in [0.15, 0.2) is 0 Å². The number of benzene rings is 1. The minimum Gasteiger partial charge on any atom is -0.296 e. The lowest BCUT2D eigenvalue weighted by atomic mass is 10.1. The molecule has 0 saturated carbocycles. The third-order valence-corrected chi connectivity index (χ3v) is 2.12.